The van der Waals surface area contributed by atoms with E-state index < -0.39 is 5.60 Å². The zero-order valence-corrected chi connectivity index (χ0v) is 11.8. The van der Waals surface area contributed by atoms with E-state index in [4.69, 9.17) is 0 Å². The molecule has 0 radical (unpaired) electrons. The molecule has 0 aromatic heterocycles. The Bertz CT molecular complexity index is 263. The summed E-state index contributed by atoms with van der Waals surface area (Å²) in [6, 6.07) is 0. The first kappa shape index (κ1) is 14.8. The first-order chi connectivity index (χ1) is 7.90. The number of rotatable bonds is 5. The first-order valence-electron chi connectivity index (χ1n) is 6.10. The van der Waals surface area contributed by atoms with Crippen LogP contribution >= 0.6 is 11.8 Å². The normalized spacial score (nSPS) is 28.5. The second-order valence-corrected chi connectivity index (χ2v) is 6.32. The van der Waals surface area contributed by atoms with Gasteiger partial charge in [-0.1, -0.05) is 0 Å². The van der Waals surface area contributed by atoms with Crippen molar-refractivity contribution in [2.24, 2.45) is 5.41 Å². The van der Waals surface area contributed by atoms with Gasteiger partial charge in [0.05, 0.1) is 11.0 Å². The molecule has 0 aromatic rings. The van der Waals surface area contributed by atoms with Crippen molar-refractivity contribution in [1.82, 2.24) is 10.6 Å². The lowest BCUT2D eigenvalue weighted by Gasteiger charge is -2.34. The zero-order chi connectivity index (χ0) is 12.9. The van der Waals surface area contributed by atoms with Crippen LogP contribution in [-0.2, 0) is 4.79 Å². The number of hydrogen-bond donors (Lipinski definition) is 3. The van der Waals surface area contributed by atoms with Crippen molar-refractivity contribution in [3.8, 4) is 0 Å². The number of thioether (sulfide) groups is 1. The molecule has 1 amide bonds. The molecule has 1 rings (SSSR count). The van der Waals surface area contributed by atoms with Gasteiger partial charge in [0.2, 0.25) is 5.91 Å². The summed E-state index contributed by atoms with van der Waals surface area (Å²) in [6.45, 7) is 5.78. The molecule has 17 heavy (non-hydrogen) atoms. The molecule has 5 heteroatoms. The van der Waals surface area contributed by atoms with Crippen molar-refractivity contribution in [3.05, 3.63) is 0 Å². The Hall–Kier alpha value is -0.260. The van der Waals surface area contributed by atoms with Crippen molar-refractivity contribution >= 4 is 17.7 Å². The van der Waals surface area contributed by atoms with Crippen LogP contribution in [0.4, 0.5) is 0 Å². The maximum absolute atomic E-state index is 12.1. The van der Waals surface area contributed by atoms with E-state index in [1.54, 1.807) is 18.7 Å². The third kappa shape index (κ3) is 4.48. The summed E-state index contributed by atoms with van der Waals surface area (Å²) in [7, 11) is 0. The van der Waals surface area contributed by atoms with E-state index in [0.717, 1.165) is 25.9 Å². The molecule has 100 valence electrons. The lowest BCUT2D eigenvalue weighted by molar-refractivity contribution is -0.132. The van der Waals surface area contributed by atoms with Crippen molar-refractivity contribution in [2.75, 3.05) is 31.6 Å². The molecule has 2 atom stereocenters. The SMILES string of the molecule is CSCC(C)(O)CNC(=O)C1(C)CCCNC1. The Kier molecular flexibility index (Phi) is 5.28. The molecular weight excluding hydrogens is 236 g/mol. The molecule has 1 aliphatic heterocycles. The fourth-order valence-electron chi connectivity index (χ4n) is 2.10. The van der Waals surface area contributed by atoms with Gasteiger partial charge in [-0.3, -0.25) is 4.79 Å². The lowest BCUT2D eigenvalue weighted by Crippen LogP contribution is -2.52. The molecule has 3 N–H and O–H groups in total. The number of amides is 1. The van der Waals surface area contributed by atoms with E-state index in [1.165, 1.54) is 0 Å². The van der Waals surface area contributed by atoms with Crippen LogP contribution in [0.25, 0.3) is 0 Å². The van der Waals surface area contributed by atoms with E-state index >= 15 is 0 Å². The van der Waals surface area contributed by atoms with Gasteiger partial charge in [0, 0.05) is 18.8 Å². The molecular formula is C12H24N2O2S. The highest BCUT2D eigenvalue weighted by atomic mass is 32.2. The third-order valence-corrected chi connectivity index (χ3v) is 4.14. The smallest absolute Gasteiger partial charge is 0.227 e. The van der Waals surface area contributed by atoms with Crippen molar-refractivity contribution in [3.63, 3.8) is 0 Å². The van der Waals surface area contributed by atoms with E-state index in [0.29, 0.717) is 12.3 Å². The monoisotopic (exact) mass is 260 g/mol. The predicted molar refractivity (Wildman–Crippen MR) is 72.2 cm³/mol. The Morgan fingerprint density at radius 2 is 2.35 bits per heavy atom. The van der Waals surface area contributed by atoms with Crippen molar-refractivity contribution in [2.45, 2.75) is 32.3 Å². The van der Waals surface area contributed by atoms with E-state index in [1.807, 2.05) is 13.2 Å². The van der Waals surface area contributed by atoms with Gasteiger partial charge in [0.15, 0.2) is 0 Å². The Morgan fingerprint density at radius 3 is 2.88 bits per heavy atom. The van der Waals surface area contributed by atoms with Crippen LogP contribution in [0, 0.1) is 5.41 Å². The van der Waals surface area contributed by atoms with E-state index in [2.05, 4.69) is 10.6 Å². The van der Waals surface area contributed by atoms with Gasteiger partial charge >= 0.3 is 0 Å². The molecule has 1 fully saturated rings. The molecule has 0 bridgehead atoms. The maximum Gasteiger partial charge on any atom is 0.227 e. The molecule has 1 heterocycles. The third-order valence-electron chi connectivity index (χ3n) is 3.23. The molecule has 4 nitrogen and oxygen atoms in total. The predicted octanol–water partition coefficient (Wildman–Crippen LogP) is 0.606. The van der Waals surface area contributed by atoms with Crippen molar-refractivity contribution in [1.29, 1.82) is 0 Å². The summed E-state index contributed by atoms with van der Waals surface area (Å²) >= 11 is 1.58. The summed E-state index contributed by atoms with van der Waals surface area (Å²) in [5.41, 5.74) is -1.15. The number of aliphatic hydroxyl groups is 1. The average molecular weight is 260 g/mol. The highest BCUT2D eigenvalue weighted by Crippen LogP contribution is 2.25. The lowest BCUT2D eigenvalue weighted by atomic mass is 9.82. The van der Waals surface area contributed by atoms with Gasteiger partial charge in [-0.2, -0.15) is 11.8 Å². The molecule has 2 unspecified atom stereocenters. The fraction of sp³-hybridized carbons (Fsp3) is 0.917. The summed E-state index contributed by atoms with van der Waals surface area (Å²) in [4.78, 5) is 12.1. The number of piperidine rings is 1. The van der Waals surface area contributed by atoms with Crippen LogP contribution in [-0.4, -0.2) is 48.3 Å². The summed E-state index contributed by atoms with van der Waals surface area (Å²) in [5.74, 6) is 0.675. The summed E-state index contributed by atoms with van der Waals surface area (Å²) in [5, 5.41) is 16.1. The second-order valence-electron chi connectivity index (χ2n) is 5.45. The minimum Gasteiger partial charge on any atom is -0.387 e. The molecule has 0 aromatic carbocycles. The Balaban J connectivity index is 2.43. The number of carbonyl (C=O) groups excluding carboxylic acids is 1. The first-order valence-corrected chi connectivity index (χ1v) is 7.49. The highest BCUT2D eigenvalue weighted by Gasteiger charge is 2.35. The largest absolute Gasteiger partial charge is 0.387 e. The summed E-state index contributed by atoms with van der Waals surface area (Å²) in [6.07, 6.45) is 3.89. The van der Waals surface area contributed by atoms with Crippen LogP contribution in [0.3, 0.4) is 0 Å². The van der Waals surface area contributed by atoms with Gasteiger partial charge in [0.1, 0.15) is 0 Å². The van der Waals surface area contributed by atoms with Gasteiger partial charge < -0.3 is 15.7 Å². The van der Waals surface area contributed by atoms with Gasteiger partial charge in [0.25, 0.3) is 0 Å². The van der Waals surface area contributed by atoms with E-state index in [9.17, 15) is 9.90 Å². The average Bonchev–Trinajstić information content (AvgIpc) is 2.27. The van der Waals surface area contributed by atoms with Crippen LogP contribution in [0.5, 0.6) is 0 Å². The van der Waals surface area contributed by atoms with Crippen LogP contribution in [0.2, 0.25) is 0 Å². The number of hydrogen-bond acceptors (Lipinski definition) is 4. The van der Waals surface area contributed by atoms with Crippen LogP contribution < -0.4 is 10.6 Å². The Labute approximate surface area is 108 Å². The van der Waals surface area contributed by atoms with Crippen molar-refractivity contribution < 1.29 is 9.90 Å². The molecule has 1 aliphatic rings. The van der Waals surface area contributed by atoms with Gasteiger partial charge in [-0.25, -0.2) is 0 Å². The molecule has 1 saturated heterocycles. The fourth-order valence-corrected chi connectivity index (χ4v) is 2.82. The highest BCUT2D eigenvalue weighted by molar-refractivity contribution is 7.98. The molecule has 0 spiro atoms. The van der Waals surface area contributed by atoms with Crippen LogP contribution in [0.1, 0.15) is 26.7 Å². The second kappa shape index (κ2) is 6.07. The number of nitrogens with one attached hydrogen (secondary N) is 2. The standard InChI is InChI=1S/C12H24N2O2S/c1-11(5-4-6-13-7-11)10(15)14-8-12(2,16)9-17-3/h13,16H,4-9H2,1-3H3,(H,14,15). The zero-order valence-electron chi connectivity index (χ0n) is 11.0. The number of carbonyl (C=O) groups is 1. The van der Waals surface area contributed by atoms with Gasteiger partial charge in [-0.15, -0.1) is 0 Å². The van der Waals surface area contributed by atoms with Crippen LogP contribution in [0.15, 0.2) is 0 Å². The van der Waals surface area contributed by atoms with Gasteiger partial charge in [-0.05, 0) is 39.5 Å². The maximum atomic E-state index is 12.1. The topological polar surface area (TPSA) is 61.4 Å². The molecule has 0 aliphatic carbocycles. The molecule has 0 saturated carbocycles. The minimum atomic E-state index is -0.826. The Morgan fingerprint density at radius 1 is 1.65 bits per heavy atom. The minimum absolute atomic E-state index is 0.0473. The summed E-state index contributed by atoms with van der Waals surface area (Å²) < 4.78 is 0. The quantitative estimate of drug-likeness (QED) is 0.678. The van der Waals surface area contributed by atoms with E-state index in [-0.39, 0.29) is 11.3 Å².